The van der Waals surface area contributed by atoms with Crippen LogP contribution in [-0.4, -0.2) is 38.2 Å². The monoisotopic (exact) mass is 271 g/mol. The van der Waals surface area contributed by atoms with E-state index in [1.807, 2.05) is 0 Å². The lowest BCUT2D eigenvalue weighted by Crippen LogP contribution is -2.30. The maximum Gasteiger partial charge on any atom is 0.322 e. The Morgan fingerprint density at radius 3 is 2.44 bits per heavy atom. The van der Waals surface area contributed by atoms with E-state index in [0.717, 1.165) is 6.26 Å². The molecule has 0 radical (unpaired) electrons. The summed E-state index contributed by atoms with van der Waals surface area (Å²) in [7, 11) is -3.41. The fourth-order valence-electron chi connectivity index (χ4n) is 1.42. The summed E-state index contributed by atoms with van der Waals surface area (Å²) in [5, 5.41) is 10.6. The third kappa shape index (κ3) is 4.17. The zero-order valence-corrected chi connectivity index (χ0v) is 10.5. The Hall–Kier alpha value is -1.89. The fraction of sp³-hybridized carbons (Fsp3) is 0.273. The predicted octanol–water partition coefficient (Wildman–Crippen LogP) is -0.167. The summed E-state index contributed by atoms with van der Waals surface area (Å²) in [6.45, 7) is -0.486. The first kappa shape index (κ1) is 14.2. The van der Waals surface area contributed by atoms with E-state index in [1.54, 1.807) is 12.1 Å². The standard InChI is InChI=1S/C11H13NO5S/c1-18(16,17)9-5-3-2-4-8(9)6-10(13)12-7-11(14)15/h2-5H,6-7H2,1H3,(H,12,13)(H,14,15). The minimum Gasteiger partial charge on any atom is -0.480 e. The lowest BCUT2D eigenvalue weighted by Gasteiger charge is -2.07. The van der Waals surface area contributed by atoms with Gasteiger partial charge in [-0.05, 0) is 11.6 Å². The van der Waals surface area contributed by atoms with E-state index in [-0.39, 0.29) is 11.3 Å². The van der Waals surface area contributed by atoms with Gasteiger partial charge in [0.2, 0.25) is 5.91 Å². The molecule has 18 heavy (non-hydrogen) atoms. The largest absolute Gasteiger partial charge is 0.480 e. The first-order valence-corrected chi connectivity index (χ1v) is 6.96. The third-order valence-corrected chi connectivity index (χ3v) is 3.36. The number of nitrogens with one attached hydrogen (secondary N) is 1. The Morgan fingerprint density at radius 1 is 1.28 bits per heavy atom. The lowest BCUT2D eigenvalue weighted by atomic mass is 10.1. The van der Waals surface area contributed by atoms with Crippen LogP contribution in [0.25, 0.3) is 0 Å². The number of sulfone groups is 1. The Labute approximate surface area is 105 Å². The number of aliphatic carboxylic acids is 1. The van der Waals surface area contributed by atoms with Gasteiger partial charge >= 0.3 is 5.97 Å². The Morgan fingerprint density at radius 2 is 1.89 bits per heavy atom. The number of carbonyl (C=O) groups is 2. The van der Waals surface area contributed by atoms with Gasteiger partial charge in [-0.3, -0.25) is 9.59 Å². The number of benzene rings is 1. The lowest BCUT2D eigenvalue weighted by molar-refractivity contribution is -0.137. The molecular weight excluding hydrogens is 258 g/mol. The molecule has 0 spiro atoms. The van der Waals surface area contributed by atoms with Gasteiger partial charge in [-0.15, -0.1) is 0 Å². The summed E-state index contributed by atoms with van der Waals surface area (Å²) in [6.07, 6.45) is 0.886. The second kappa shape index (κ2) is 5.63. The minimum atomic E-state index is -3.41. The van der Waals surface area contributed by atoms with E-state index in [1.165, 1.54) is 12.1 Å². The van der Waals surface area contributed by atoms with E-state index in [2.05, 4.69) is 5.32 Å². The molecule has 1 aromatic carbocycles. The van der Waals surface area contributed by atoms with Gasteiger partial charge in [-0.1, -0.05) is 18.2 Å². The van der Waals surface area contributed by atoms with Gasteiger partial charge in [-0.25, -0.2) is 8.42 Å². The third-order valence-electron chi connectivity index (χ3n) is 2.16. The smallest absolute Gasteiger partial charge is 0.322 e. The highest BCUT2D eigenvalue weighted by Crippen LogP contribution is 2.15. The van der Waals surface area contributed by atoms with Gasteiger partial charge < -0.3 is 10.4 Å². The van der Waals surface area contributed by atoms with Crippen molar-refractivity contribution in [3.05, 3.63) is 29.8 Å². The summed E-state index contributed by atoms with van der Waals surface area (Å²) < 4.78 is 23.0. The molecule has 0 unspecified atom stereocenters. The van der Waals surface area contributed by atoms with Crippen molar-refractivity contribution >= 4 is 21.7 Å². The summed E-state index contributed by atoms with van der Waals surface area (Å²) in [6, 6.07) is 6.12. The molecule has 6 nitrogen and oxygen atoms in total. The maximum absolute atomic E-state index is 11.5. The zero-order valence-electron chi connectivity index (χ0n) is 9.71. The van der Waals surface area contributed by atoms with Crippen LogP contribution in [0.15, 0.2) is 29.2 Å². The molecule has 0 atom stereocenters. The number of carboxylic acids is 1. The number of hydrogen-bond donors (Lipinski definition) is 2. The van der Waals surface area contributed by atoms with Crippen molar-refractivity contribution in [3.63, 3.8) is 0 Å². The second-order valence-corrected chi connectivity index (χ2v) is 5.71. The van der Waals surface area contributed by atoms with Crippen LogP contribution in [-0.2, 0) is 25.8 Å². The fourth-order valence-corrected chi connectivity index (χ4v) is 2.36. The van der Waals surface area contributed by atoms with Crippen molar-refractivity contribution in [2.75, 3.05) is 12.8 Å². The van der Waals surface area contributed by atoms with Crippen LogP contribution in [0.4, 0.5) is 0 Å². The van der Waals surface area contributed by atoms with E-state index < -0.39 is 28.3 Å². The molecule has 0 aromatic heterocycles. The Balaban J connectivity index is 2.85. The van der Waals surface area contributed by atoms with Gasteiger partial charge in [0, 0.05) is 6.26 Å². The average molecular weight is 271 g/mol. The minimum absolute atomic E-state index is 0.0791. The van der Waals surface area contributed by atoms with Crippen LogP contribution in [0.5, 0.6) is 0 Å². The highest BCUT2D eigenvalue weighted by molar-refractivity contribution is 7.90. The summed E-state index contributed by atoms with van der Waals surface area (Å²) in [5.41, 5.74) is 0.350. The van der Waals surface area contributed by atoms with E-state index in [9.17, 15) is 18.0 Å². The van der Waals surface area contributed by atoms with Crippen LogP contribution >= 0.6 is 0 Å². The van der Waals surface area contributed by atoms with E-state index in [0.29, 0.717) is 5.56 Å². The highest BCUT2D eigenvalue weighted by atomic mass is 32.2. The maximum atomic E-state index is 11.5. The predicted molar refractivity (Wildman–Crippen MR) is 63.9 cm³/mol. The molecule has 0 fully saturated rings. The van der Waals surface area contributed by atoms with Crippen molar-refractivity contribution < 1.29 is 23.1 Å². The Bertz CT molecular complexity index is 565. The average Bonchev–Trinajstić information content (AvgIpc) is 2.25. The topological polar surface area (TPSA) is 101 Å². The summed E-state index contributed by atoms with van der Waals surface area (Å²) >= 11 is 0. The van der Waals surface area contributed by atoms with Crippen molar-refractivity contribution in [1.29, 1.82) is 0 Å². The molecule has 7 heteroatoms. The van der Waals surface area contributed by atoms with E-state index >= 15 is 0 Å². The summed E-state index contributed by atoms with van der Waals surface area (Å²) in [4.78, 5) is 21.8. The second-order valence-electron chi connectivity index (χ2n) is 3.73. The van der Waals surface area contributed by atoms with Crippen molar-refractivity contribution in [3.8, 4) is 0 Å². The number of carbonyl (C=O) groups excluding carboxylic acids is 1. The molecule has 0 aliphatic carbocycles. The molecule has 0 saturated heterocycles. The van der Waals surface area contributed by atoms with Gasteiger partial charge in [0.15, 0.2) is 9.84 Å². The number of hydrogen-bond acceptors (Lipinski definition) is 4. The quantitative estimate of drug-likeness (QED) is 0.774. The number of amides is 1. The SMILES string of the molecule is CS(=O)(=O)c1ccccc1CC(=O)NCC(=O)O. The molecule has 98 valence electrons. The van der Waals surface area contributed by atoms with Crippen LogP contribution < -0.4 is 5.32 Å². The molecule has 0 saturated carbocycles. The van der Waals surface area contributed by atoms with Crippen LogP contribution in [0, 0.1) is 0 Å². The Kier molecular flexibility index (Phi) is 4.43. The number of carboxylic acid groups (broad SMARTS) is 1. The molecule has 1 amide bonds. The highest BCUT2D eigenvalue weighted by Gasteiger charge is 2.15. The van der Waals surface area contributed by atoms with Gasteiger partial charge in [0.1, 0.15) is 6.54 Å². The van der Waals surface area contributed by atoms with Gasteiger partial charge in [-0.2, -0.15) is 0 Å². The van der Waals surface area contributed by atoms with E-state index in [4.69, 9.17) is 5.11 Å². The summed E-state index contributed by atoms with van der Waals surface area (Å²) in [5.74, 6) is -1.69. The van der Waals surface area contributed by atoms with Crippen LogP contribution in [0.2, 0.25) is 0 Å². The molecule has 1 aromatic rings. The molecule has 0 aliphatic heterocycles. The first-order chi connectivity index (χ1) is 8.30. The van der Waals surface area contributed by atoms with Crippen LogP contribution in [0.3, 0.4) is 0 Å². The van der Waals surface area contributed by atoms with Crippen LogP contribution in [0.1, 0.15) is 5.56 Å². The van der Waals surface area contributed by atoms with Crippen molar-refractivity contribution in [2.24, 2.45) is 0 Å². The van der Waals surface area contributed by atoms with Gasteiger partial charge in [0.25, 0.3) is 0 Å². The zero-order chi connectivity index (χ0) is 13.8. The number of rotatable bonds is 5. The molecule has 2 N–H and O–H groups in total. The molecule has 0 bridgehead atoms. The normalized spacial score (nSPS) is 10.9. The van der Waals surface area contributed by atoms with Gasteiger partial charge in [0.05, 0.1) is 11.3 Å². The van der Waals surface area contributed by atoms with Crippen molar-refractivity contribution in [1.82, 2.24) is 5.32 Å². The van der Waals surface area contributed by atoms with Crippen molar-refractivity contribution in [2.45, 2.75) is 11.3 Å². The molecule has 0 aliphatic rings. The molecule has 0 heterocycles. The molecular formula is C11H13NO5S. The molecule has 1 rings (SSSR count). The first-order valence-electron chi connectivity index (χ1n) is 5.07.